The summed E-state index contributed by atoms with van der Waals surface area (Å²) in [5.74, 6) is 0. The summed E-state index contributed by atoms with van der Waals surface area (Å²) in [7, 11) is 2.20. The van der Waals surface area contributed by atoms with Crippen molar-refractivity contribution in [3.63, 3.8) is 0 Å². The number of fused-ring (bicyclic) bond motifs is 2. The van der Waals surface area contributed by atoms with E-state index in [0.717, 1.165) is 56.9 Å². The predicted molar refractivity (Wildman–Crippen MR) is 139 cm³/mol. The zero-order valence-corrected chi connectivity index (χ0v) is 20.5. The van der Waals surface area contributed by atoms with Crippen molar-refractivity contribution < 1.29 is 4.79 Å². The number of halogens is 1. The van der Waals surface area contributed by atoms with Crippen LogP contribution in [0.5, 0.6) is 0 Å². The minimum Gasteiger partial charge on any atom is -0.355 e. The molecule has 0 spiro atoms. The van der Waals surface area contributed by atoms with Crippen molar-refractivity contribution in [3.05, 3.63) is 99.9 Å². The second-order valence-corrected chi connectivity index (χ2v) is 9.41. The van der Waals surface area contributed by atoms with Crippen LogP contribution in [0.4, 0.5) is 0 Å². The summed E-state index contributed by atoms with van der Waals surface area (Å²) in [6.07, 6.45) is 15.7. The number of allylic oxidation sites excluding steroid dienone is 5. The molecule has 5 nitrogen and oxygen atoms in total. The molecule has 3 aliphatic rings. The second-order valence-electron chi connectivity index (χ2n) is 8.97. The van der Waals surface area contributed by atoms with Crippen LogP contribution in [0.15, 0.2) is 72.5 Å². The van der Waals surface area contributed by atoms with Crippen molar-refractivity contribution in [1.29, 1.82) is 0 Å². The molecule has 6 heteroatoms. The normalized spacial score (nSPS) is 20.1. The van der Waals surface area contributed by atoms with Crippen molar-refractivity contribution >= 4 is 18.0 Å². The molecule has 0 saturated carbocycles. The smallest absolute Gasteiger partial charge is 0.207 e. The maximum absolute atomic E-state index is 9.96. The number of likely N-dealkylation sites (N-methyl/N-ethyl adjacent to an activating group) is 1. The summed E-state index contributed by atoms with van der Waals surface area (Å²) < 4.78 is 0. The standard InChI is InChI=1S/C19H22ClN3.C9H11NO/c1-22-9-11-23(12-10-22)19-17-7-6-16(20)13-15(17)5-4-14-3-2-8-21-18(14)19;11-8-10-7-9-5-3-1-2-4-6-9/h2-3,6-8,13,19H,4-5,9-12H2,1H3;1-5,8H,6-7H2,(H,10,11). The molecular formula is C28H33ClN4O. The first-order chi connectivity index (χ1) is 16.7. The van der Waals surface area contributed by atoms with Gasteiger partial charge >= 0.3 is 0 Å². The zero-order chi connectivity index (χ0) is 23.8. The highest BCUT2D eigenvalue weighted by molar-refractivity contribution is 6.30. The van der Waals surface area contributed by atoms with Crippen molar-refractivity contribution in [1.82, 2.24) is 20.1 Å². The van der Waals surface area contributed by atoms with Crippen molar-refractivity contribution in [2.24, 2.45) is 0 Å². The van der Waals surface area contributed by atoms with Gasteiger partial charge in [-0.15, -0.1) is 0 Å². The van der Waals surface area contributed by atoms with Crippen molar-refractivity contribution in [2.45, 2.75) is 25.3 Å². The number of aromatic nitrogens is 1. The number of rotatable bonds is 4. The molecule has 1 saturated heterocycles. The van der Waals surface area contributed by atoms with Crippen LogP contribution in [-0.2, 0) is 17.6 Å². The van der Waals surface area contributed by atoms with Crippen LogP contribution in [0.1, 0.15) is 34.8 Å². The van der Waals surface area contributed by atoms with Gasteiger partial charge in [0.15, 0.2) is 0 Å². The number of hydrogen-bond donors (Lipinski definition) is 1. The summed E-state index contributed by atoms with van der Waals surface area (Å²) in [4.78, 5) is 19.7. The van der Waals surface area contributed by atoms with Gasteiger partial charge in [0, 0.05) is 43.9 Å². The van der Waals surface area contributed by atoms with Crippen LogP contribution in [0, 0.1) is 0 Å². The highest BCUT2D eigenvalue weighted by Gasteiger charge is 2.31. The second kappa shape index (κ2) is 12.1. The molecule has 1 aliphatic heterocycles. The van der Waals surface area contributed by atoms with Gasteiger partial charge in [-0.3, -0.25) is 14.7 Å². The molecule has 0 bridgehead atoms. The highest BCUT2D eigenvalue weighted by atomic mass is 35.5. The highest BCUT2D eigenvalue weighted by Crippen LogP contribution is 2.37. The SMILES string of the molecule is CN1CCN(C2c3ccc(Cl)cc3CCc3cccnc32)CC1.O=CNCC1=CC=CC=CC1. The molecule has 0 radical (unpaired) electrons. The Morgan fingerprint density at radius 2 is 1.91 bits per heavy atom. The Labute approximate surface area is 207 Å². The number of carbonyl (C=O) groups excluding carboxylic acids is 1. The molecule has 2 heterocycles. The topological polar surface area (TPSA) is 48.5 Å². The molecule has 1 amide bonds. The van der Waals surface area contributed by atoms with Gasteiger partial charge in [-0.1, -0.05) is 54.1 Å². The average Bonchev–Trinajstić information content (AvgIpc) is 3.21. The summed E-state index contributed by atoms with van der Waals surface area (Å²) in [6, 6.07) is 10.9. The van der Waals surface area contributed by atoms with Crippen LogP contribution in [0.25, 0.3) is 0 Å². The molecule has 178 valence electrons. The van der Waals surface area contributed by atoms with Gasteiger partial charge in [-0.25, -0.2) is 0 Å². The fourth-order valence-electron chi connectivity index (χ4n) is 4.76. The number of carbonyl (C=O) groups is 1. The number of benzene rings is 1. The lowest BCUT2D eigenvalue weighted by Gasteiger charge is -2.38. The van der Waals surface area contributed by atoms with E-state index in [9.17, 15) is 4.79 Å². The van der Waals surface area contributed by atoms with Crippen LogP contribution >= 0.6 is 11.6 Å². The molecule has 1 fully saturated rings. The van der Waals surface area contributed by atoms with E-state index < -0.39 is 0 Å². The molecule has 1 N–H and O–H groups in total. The number of nitrogens with one attached hydrogen (secondary N) is 1. The molecule has 34 heavy (non-hydrogen) atoms. The number of aryl methyl sites for hydroxylation is 2. The Hall–Kier alpha value is -2.73. The Kier molecular flexibility index (Phi) is 8.69. The van der Waals surface area contributed by atoms with E-state index in [1.807, 2.05) is 36.6 Å². The van der Waals surface area contributed by atoms with Crippen LogP contribution < -0.4 is 5.32 Å². The summed E-state index contributed by atoms with van der Waals surface area (Å²) in [6.45, 7) is 5.04. The van der Waals surface area contributed by atoms with E-state index in [1.54, 1.807) is 0 Å². The Bertz CT molecular complexity index is 1070. The van der Waals surface area contributed by atoms with Gasteiger partial charge in [0.2, 0.25) is 6.41 Å². The minimum atomic E-state index is 0.259. The van der Waals surface area contributed by atoms with Gasteiger partial charge in [0.1, 0.15) is 0 Å². The Morgan fingerprint density at radius 3 is 2.74 bits per heavy atom. The number of hydrogen-bond acceptors (Lipinski definition) is 4. The Balaban J connectivity index is 0.000000210. The lowest BCUT2D eigenvalue weighted by Crippen LogP contribution is -2.46. The van der Waals surface area contributed by atoms with E-state index in [0.29, 0.717) is 6.54 Å². The molecule has 1 aromatic heterocycles. The third kappa shape index (κ3) is 6.23. The van der Waals surface area contributed by atoms with Gasteiger partial charge in [-0.05, 0) is 66.8 Å². The van der Waals surface area contributed by atoms with E-state index in [2.05, 4.69) is 52.5 Å². The minimum absolute atomic E-state index is 0.259. The number of pyridine rings is 1. The zero-order valence-electron chi connectivity index (χ0n) is 19.8. The van der Waals surface area contributed by atoms with Crippen molar-refractivity contribution in [2.75, 3.05) is 39.8 Å². The first-order valence-corrected chi connectivity index (χ1v) is 12.4. The van der Waals surface area contributed by atoms with Crippen LogP contribution in [0.2, 0.25) is 5.02 Å². The first kappa shape index (κ1) is 24.4. The maximum Gasteiger partial charge on any atom is 0.207 e. The van der Waals surface area contributed by atoms with Gasteiger partial charge in [0.05, 0.1) is 11.7 Å². The average molecular weight is 477 g/mol. The number of nitrogens with zero attached hydrogens (tertiary/aromatic N) is 3. The van der Waals surface area contributed by atoms with Gasteiger partial charge < -0.3 is 10.2 Å². The van der Waals surface area contributed by atoms with E-state index in [4.69, 9.17) is 16.6 Å². The fourth-order valence-corrected chi connectivity index (χ4v) is 4.95. The fraction of sp³-hybridized carbons (Fsp3) is 0.357. The largest absolute Gasteiger partial charge is 0.355 e. The molecule has 1 unspecified atom stereocenters. The van der Waals surface area contributed by atoms with E-state index in [1.165, 1.54) is 28.0 Å². The van der Waals surface area contributed by atoms with Gasteiger partial charge in [0.25, 0.3) is 0 Å². The summed E-state index contributed by atoms with van der Waals surface area (Å²) >= 11 is 6.26. The predicted octanol–water partition coefficient (Wildman–Crippen LogP) is 4.35. The van der Waals surface area contributed by atoms with Crippen molar-refractivity contribution in [3.8, 4) is 0 Å². The summed E-state index contributed by atoms with van der Waals surface area (Å²) in [5.41, 5.74) is 6.60. The van der Waals surface area contributed by atoms with Crippen LogP contribution in [0.3, 0.4) is 0 Å². The van der Waals surface area contributed by atoms with Crippen LogP contribution in [-0.4, -0.2) is 61.0 Å². The van der Waals surface area contributed by atoms with E-state index in [-0.39, 0.29) is 6.04 Å². The molecular weight excluding hydrogens is 444 g/mol. The van der Waals surface area contributed by atoms with E-state index >= 15 is 0 Å². The lowest BCUT2D eigenvalue weighted by molar-refractivity contribution is -0.109. The van der Waals surface area contributed by atoms with Gasteiger partial charge in [-0.2, -0.15) is 0 Å². The molecule has 1 atom stereocenters. The first-order valence-electron chi connectivity index (χ1n) is 12.0. The maximum atomic E-state index is 9.96. The third-order valence-electron chi connectivity index (χ3n) is 6.63. The molecule has 2 aliphatic carbocycles. The molecule has 2 aromatic rings. The molecule has 5 rings (SSSR count). The monoisotopic (exact) mass is 476 g/mol. The summed E-state index contributed by atoms with van der Waals surface area (Å²) in [5, 5.41) is 3.46. The third-order valence-corrected chi connectivity index (χ3v) is 6.87. The lowest BCUT2D eigenvalue weighted by atomic mass is 9.96. The quantitative estimate of drug-likeness (QED) is 0.667. The Morgan fingerprint density at radius 1 is 1.09 bits per heavy atom. The number of amides is 1. The molecule has 1 aromatic carbocycles. The number of piperazine rings is 1.